The maximum Gasteiger partial charge on any atom is 0.416 e. The van der Waals surface area contributed by atoms with Crippen molar-refractivity contribution in [2.75, 3.05) is 5.43 Å². The Balaban J connectivity index is 1.87. The molecule has 6 heteroatoms. The molecule has 0 spiro atoms. The van der Waals surface area contributed by atoms with Crippen molar-refractivity contribution in [2.24, 2.45) is 5.10 Å². The molecule has 114 valence electrons. The van der Waals surface area contributed by atoms with Gasteiger partial charge in [-0.25, -0.2) is 0 Å². The molecule has 3 rings (SSSR count). The monoisotopic (exact) mass is 324 g/mol. The number of hydrazone groups is 1. The Morgan fingerprint density at radius 2 is 1.82 bits per heavy atom. The van der Waals surface area contributed by atoms with Gasteiger partial charge in [-0.3, -0.25) is 5.43 Å². The Morgan fingerprint density at radius 3 is 2.59 bits per heavy atom. The van der Waals surface area contributed by atoms with Crippen LogP contribution in [0.2, 0.25) is 5.02 Å². The van der Waals surface area contributed by atoms with Crippen LogP contribution in [0.4, 0.5) is 18.9 Å². The predicted molar refractivity (Wildman–Crippen MR) is 81.4 cm³/mol. The van der Waals surface area contributed by atoms with Gasteiger partial charge in [0.15, 0.2) is 0 Å². The predicted octanol–water partition coefficient (Wildman–Crippen LogP) is 5.12. The molecule has 0 saturated heterocycles. The summed E-state index contributed by atoms with van der Waals surface area (Å²) in [6.07, 6.45) is -2.77. The van der Waals surface area contributed by atoms with Crippen molar-refractivity contribution in [2.45, 2.75) is 19.0 Å². The minimum Gasteiger partial charge on any atom is -0.277 e. The van der Waals surface area contributed by atoms with Gasteiger partial charge in [0.05, 0.1) is 22.0 Å². The van der Waals surface area contributed by atoms with E-state index in [4.69, 9.17) is 11.6 Å². The Bertz CT molecular complexity index is 738. The second kappa shape index (κ2) is 5.65. The van der Waals surface area contributed by atoms with Crippen molar-refractivity contribution < 1.29 is 13.2 Å². The van der Waals surface area contributed by atoms with E-state index in [0.717, 1.165) is 36.2 Å². The van der Waals surface area contributed by atoms with Crippen LogP contribution in [0.3, 0.4) is 0 Å². The molecule has 1 aliphatic rings. The molecule has 0 aromatic heterocycles. The lowest BCUT2D eigenvalue weighted by Gasteiger charge is -2.10. The Labute approximate surface area is 130 Å². The van der Waals surface area contributed by atoms with Gasteiger partial charge in [0.2, 0.25) is 0 Å². The lowest BCUT2D eigenvalue weighted by Crippen LogP contribution is -2.06. The summed E-state index contributed by atoms with van der Waals surface area (Å²) < 4.78 is 38.2. The standard InChI is InChI=1S/C16H12ClF3N2/c17-13-7-6-11(16(18,19)20)9-15(13)22-21-14-8-5-10-3-1-2-4-12(10)14/h1-4,6-7,9,22H,5,8H2/b21-14-. The van der Waals surface area contributed by atoms with Crippen molar-refractivity contribution in [1.29, 1.82) is 0 Å². The summed E-state index contributed by atoms with van der Waals surface area (Å²) in [7, 11) is 0. The normalized spacial score (nSPS) is 15.9. The molecule has 0 heterocycles. The van der Waals surface area contributed by atoms with Crippen LogP contribution in [-0.2, 0) is 12.6 Å². The minimum atomic E-state index is -4.41. The van der Waals surface area contributed by atoms with Crippen LogP contribution < -0.4 is 5.43 Å². The first-order valence-corrected chi connectivity index (χ1v) is 7.10. The van der Waals surface area contributed by atoms with Gasteiger partial charge in [0.25, 0.3) is 0 Å². The molecule has 0 amide bonds. The molecule has 0 fully saturated rings. The van der Waals surface area contributed by atoms with E-state index in [9.17, 15) is 13.2 Å². The molecule has 0 bridgehead atoms. The summed E-state index contributed by atoms with van der Waals surface area (Å²) in [6, 6.07) is 11.0. The van der Waals surface area contributed by atoms with Crippen molar-refractivity contribution in [3.05, 3.63) is 64.2 Å². The van der Waals surface area contributed by atoms with Crippen LogP contribution in [0.15, 0.2) is 47.6 Å². The lowest BCUT2D eigenvalue weighted by molar-refractivity contribution is -0.137. The summed E-state index contributed by atoms with van der Waals surface area (Å²) >= 11 is 5.93. The molecule has 2 aromatic carbocycles. The fourth-order valence-electron chi connectivity index (χ4n) is 2.44. The van der Waals surface area contributed by atoms with Gasteiger partial charge in [0, 0.05) is 5.56 Å². The van der Waals surface area contributed by atoms with E-state index < -0.39 is 11.7 Å². The molecule has 0 radical (unpaired) electrons. The molecular weight excluding hydrogens is 313 g/mol. The molecule has 2 nitrogen and oxygen atoms in total. The lowest BCUT2D eigenvalue weighted by atomic mass is 10.1. The van der Waals surface area contributed by atoms with E-state index >= 15 is 0 Å². The van der Waals surface area contributed by atoms with E-state index in [2.05, 4.69) is 10.5 Å². The first-order valence-electron chi connectivity index (χ1n) is 6.73. The molecular formula is C16H12ClF3N2. The van der Waals surface area contributed by atoms with Crippen LogP contribution in [0.5, 0.6) is 0 Å². The van der Waals surface area contributed by atoms with E-state index in [1.54, 1.807) is 0 Å². The maximum absolute atomic E-state index is 12.7. The van der Waals surface area contributed by atoms with Gasteiger partial charge >= 0.3 is 6.18 Å². The fraction of sp³-hybridized carbons (Fsp3) is 0.188. The highest BCUT2D eigenvalue weighted by atomic mass is 35.5. The second-order valence-electron chi connectivity index (χ2n) is 5.02. The van der Waals surface area contributed by atoms with Crippen molar-refractivity contribution >= 4 is 23.0 Å². The number of rotatable bonds is 2. The van der Waals surface area contributed by atoms with Crippen molar-refractivity contribution in [1.82, 2.24) is 0 Å². The quantitative estimate of drug-likeness (QED) is 0.762. The topological polar surface area (TPSA) is 24.4 Å². The number of benzene rings is 2. The van der Waals surface area contributed by atoms with Gasteiger partial charge in [-0.15, -0.1) is 0 Å². The smallest absolute Gasteiger partial charge is 0.277 e. The molecule has 1 N–H and O–H groups in total. The highest BCUT2D eigenvalue weighted by Crippen LogP contribution is 2.34. The third-order valence-corrected chi connectivity index (χ3v) is 3.89. The van der Waals surface area contributed by atoms with Crippen molar-refractivity contribution in [3.63, 3.8) is 0 Å². The van der Waals surface area contributed by atoms with E-state index in [0.29, 0.717) is 0 Å². The Hall–Kier alpha value is -2.01. The number of hydrogen-bond acceptors (Lipinski definition) is 2. The van der Waals surface area contributed by atoms with Crippen LogP contribution in [-0.4, -0.2) is 5.71 Å². The fourth-order valence-corrected chi connectivity index (χ4v) is 2.60. The van der Waals surface area contributed by atoms with Crippen LogP contribution >= 0.6 is 11.6 Å². The Kier molecular flexibility index (Phi) is 3.83. The summed E-state index contributed by atoms with van der Waals surface area (Å²) in [5.41, 5.74) is 5.09. The summed E-state index contributed by atoms with van der Waals surface area (Å²) in [5.74, 6) is 0. The largest absolute Gasteiger partial charge is 0.416 e. The number of hydrogen-bond donors (Lipinski definition) is 1. The van der Waals surface area contributed by atoms with Crippen LogP contribution in [0, 0.1) is 0 Å². The molecule has 1 aliphatic carbocycles. The zero-order valence-corrected chi connectivity index (χ0v) is 12.2. The molecule has 2 aromatic rings. The number of alkyl halides is 3. The van der Waals surface area contributed by atoms with E-state index in [-0.39, 0.29) is 10.7 Å². The van der Waals surface area contributed by atoms with Gasteiger partial charge in [-0.05, 0) is 36.6 Å². The third-order valence-electron chi connectivity index (χ3n) is 3.56. The van der Waals surface area contributed by atoms with Crippen LogP contribution in [0.25, 0.3) is 0 Å². The number of anilines is 1. The molecule has 0 atom stereocenters. The maximum atomic E-state index is 12.7. The average molecular weight is 325 g/mol. The molecule has 0 aliphatic heterocycles. The Morgan fingerprint density at radius 1 is 1.05 bits per heavy atom. The first kappa shape index (κ1) is 14.9. The minimum absolute atomic E-state index is 0.147. The molecule has 22 heavy (non-hydrogen) atoms. The third kappa shape index (κ3) is 2.95. The van der Waals surface area contributed by atoms with Crippen LogP contribution in [0.1, 0.15) is 23.1 Å². The van der Waals surface area contributed by atoms with Gasteiger partial charge < -0.3 is 0 Å². The van der Waals surface area contributed by atoms with Gasteiger partial charge in [-0.2, -0.15) is 18.3 Å². The summed E-state index contributed by atoms with van der Waals surface area (Å²) in [6.45, 7) is 0. The highest BCUT2D eigenvalue weighted by Gasteiger charge is 2.31. The number of fused-ring (bicyclic) bond motifs is 1. The number of nitrogens with one attached hydrogen (secondary N) is 1. The second-order valence-corrected chi connectivity index (χ2v) is 5.43. The number of aryl methyl sites for hydroxylation is 1. The highest BCUT2D eigenvalue weighted by molar-refractivity contribution is 6.33. The molecule has 0 saturated carbocycles. The summed E-state index contributed by atoms with van der Waals surface area (Å²) in [5, 5.41) is 4.43. The summed E-state index contributed by atoms with van der Waals surface area (Å²) in [4.78, 5) is 0. The van der Waals surface area contributed by atoms with Gasteiger partial charge in [0.1, 0.15) is 0 Å². The zero-order chi connectivity index (χ0) is 15.7. The average Bonchev–Trinajstić information content (AvgIpc) is 2.88. The van der Waals surface area contributed by atoms with Gasteiger partial charge in [-0.1, -0.05) is 35.9 Å². The number of halogens is 4. The van der Waals surface area contributed by atoms with E-state index in [1.807, 2.05) is 24.3 Å². The zero-order valence-electron chi connectivity index (χ0n) is 11.4. The number of nitrogens with zero attached hydrogens (tertiary/aromatic N) is 1. The van der Waals surface area contributed by atoms with E-state index in [1.165, 1.54) is 11.6 Å². The first-order chi connectivity index (χ1) is 10.4. The SMILES string of the molecule is FC(F)(F)c1ccc(Cl)c(N/N=C2/CCc3ccccc32)c1. The van der Waals surface area contributed by atoms with Crippen molar-refractivity contribution in [3.8, 4) is 0 Å². The molecule has 0 unspecified atom stereocenters.